The number of pyridine rings is 1. The van der Waals surface area contributed by atoms with E-state index >= 15 is 0 Å². The molecule has 0 saturated carbocycles. The fourth-order valence-electron chi connectivity index (χ4n) is 3.26. The average molecular weight is 472 g/mol. The van der Waals surface area contributed by atoms with Crippen molar-refractivity contribution in [3.05, 3.63) is 91.8 Å². The van der Waals surface area contributed by atoms with Crippen molar-refractivity contribution in [3.8, 4) is 0 Å². The highest BCUT2D eigenvalue weighted by Gasteiger charge is 2.22. The number of amides is 2. The molecule has 7 nitrogen and oxygen atoms in total. The largest absolute Gasteiger partial charge is 0.383 e. The molecule has 2 heterocycles. The normalized spacial score (nSPS) is 11.7. The first-order valence-electron chi connectivity index (χ1n) is 10.5. The summed E-state index contributed by atoms with van der Waals surface area (Å²) in [6.07, 6.45) is 3.51. The number of benzene rings is 1. The first kappa shape index (κ1) is 24.3. The molecule has 0 bridgehead atoms. The molecule has 0 unspecified atom stereocenters. The summed E-state index contributed by atoms with van der Waals surface area (Å²) in [7, 11) is 1.54. The number of halogens is 1. The van der Waals surface area contributed by atoms with Crippen molar-refractivity contribution in [3.63, 3.8) is 0 Å². The van der Waals surface area contributed by atoms with E-state index in [2.05, 4.69) is 10.6 Å². The summed E-state index contributed by atoms with van der Waals surface area (Å²) in [5, 5.41) is 7.49. The van der Waals surface area contributed by atoms with Gasteiger partial charge in [-0.05, 0) is 35.6 Å². The predicted molar refractivity (Wildman–Crippen MR) is 125 cm³/mol. The van der Waals surface area contributed by atoms with Gasteiger partial charge in [-0.15, -0.1) is 11.3 Å². The Morgan fingerprint density at radius 1 is 1.12 bits per heavy atom. The number of nitrogens with zero attached hydrogens (tertiary/aromatic N) is 1. The monoisotopic (exact) mass is 471 g/mol. The number of hydrogen-bond acceptors (Lipinski definition) is 5. The lowest BCUT2D eigenvalue weighted by Gasteiger charge is -2.17. The molecule has 0 radical (unpaired) electrons. The Bertz CT molecular complexity index is 1140. The Hall–Kier alpha value is -3.30. The molecule has 2 amide bonds. The van der Waals surface area contributed by atoms with Gasteiger partial charge in [-0.2, -0.15) is 0 Å². The van der Waals surface area contributed by atoms with Crippen LogP contribution in [-0.2, 0) is 17.8 Å². The zero-order chi connectivity index (χ0) is 23.8. The van der Waals surface area contributed by atoms with Crippen molar-refractivity contribution in [1.29, 1.82) is 0 Å². The second-order valence-corrected chi connectivity index (χ2v) is 8.38. The summed E-state index contributed by atoms with van der Waals surface area (Å²) in [5.74, 6) is -1.53. The number of rotatable bonds is 10. The lowest BCUT2D eigenvalue weighted by Crippen LogP contribution is -2.36. The molecule has 3 aromatic rings. The van der Waals surface area contributed by atoms with Crippen LogP contribution in [-0.4, -0.2) is 30.1 Å². The fraction of sp³-hybridized carbons (Fsp3) is 0.292. The van der Waals surface area contributed by atoms with Crippen LogP contribution in [0.3, 0.4) is 0 Å². The number of ether oxygens (including phenoxy) is 1. The molecule has 0 spiro atoms. The molecule has 0 aliphatic rings. The molecular formula is C24H26FN3O4S. The highest BCUT2D eigenvalue weighted by atomic mass is 32.1. The molecule has 174 valence electrons. The van der Waals surface area contributed by atoms with Crippen molar-refractivity contribution in [2.24, 2.45) is 0 Å². The quantitative estimate of drug-likeness (QED) is 0.474. The van der Waals surface area contributed by atoms with Crippen molar-refractivity contribution in [1.82, 2.24) is 15.2 Å². The average Bonchev–Trinajstić information content (AvgIpc) is 3.36. The van der Waals surface area contributed by atoms with Gasteiger partial charge in [0, 0.05) is 37.5 Å². The highest BCUT2D eigenvalue weighted by molar-refractivity contribution is 7.10. The molecule has 1 aromatic carbocycles. The van der Waals surface area contributed by atoms with Crippen molar-refractivity contribution in [2.75, 3.05) is 13.7 Å². The van der Waals surface area contributed by atoms with E-state index in [1.165, 1.54) is 35.9 Å². The van der Waals surface area contributed by atoms with Gasteiger partial charge >= 0.3 is 0 Å². The second kappa shape index (κ2) is 11.5. The van der Waals surface area contributed by atoms with E-state index in [4.69, 9.17) is 4.74 Å². The molecular weight excluding hydrogens is 445 g/mol. The third-order valence-corrected chi connectivity index (χ3v) is 6.07. The van der Waals surface area contributed by atoms with Gasteiger partial charge in [0.05, 0.1) is 12.6 Å². The summed E-state index contributed by atoms with van der Waals surface area (Å²) >= 11 is 1.52. The standard InChI is InChI=1S/C24H26FN3O4S/c1-3-20(21-5-4-12-33-21)27-24(31)19-15-28(10-11-32-2)14-18(22(19)29)23(30)26-13-16-6-8-17(25)9-7-16/h4-9,12,14-15,20H,3,10-11,13H2,1-2H3,(H,26,30)(H,27,31)/t20-/m1/s1. The molecule has 9 heteroatoms. The van der Waals surface area contributed by atoms with Gasteiger partial charge in [0.2, 0.25) is 5.43 Å². The summed E-state index contributed by atoms with van der Waals surface area (Å²) in [5.41, 5.74) is -0.237. The molecule has 3 rings (SSSR count). The van der Waals surface area contributed by atoms with E-state index in [0.29, 0.717) is 25.1 Å². The Balaban J connectivity index is 1.85. The molecule has 0 aliphatic carbocycles. The van der Waals surface area contributed by atoms with Crippen LogP contribution < -0.4 is 16.1 Å². The predicted octanol–water partition coefficient (Wildman–Crippen LogP) is 3.51. The number of methoxy groups -OCH3 is 1. The Kier molecular flexibility index (Phi) is 8.51. The maximum Gasteiger partial charge on any atom is 0.257 e. The lowest BCUT2D eigenvalue weighted by atomic mass is 10.1. The molecule has 2 N–H and O–H groups in total. The molecule has 1 atom stereocenters. The van der Waals surface area contributed by atoms with Crippen LogP contribution in [0.2, 0.25) is 0 Å². The van der Waals surface area contributed by atoms with E-state index in [1.54, 1.807) is 23.8 Å². The summed E-state index contributed by atoms with van der Waals surface area (Å²) in [6.45, 7) is 2.76. The Morgan fingerprint density at radius 3 is 2.42 bits per heavy atom. The Labute approximate surface area is 195 Å². The topological polar surface area (TPSA) is 89.4 Å². The summed E-state index contributed by atoms with van der Waals surface area (Å²) in [6, 6.07) is 9.27. The van der Waals surface area contributed by atoms with Crippen LogP contribution in [0.25, 0.3) is 0 Å². The number of carbonyl (C=O) groups excluding carboxylic acids is 2. The van der Waals surface area contributed by atoms with Gasteiger partial charge in [-0.3, -0.25) is 14.4 Å². The minimum Gasteiger partial charge on any atom is -0.383 e. The van der Waals surface area contributed by atoms with Crippen molar-refractivity contribution >= 4 is 23.2 Å². The van der Waals surface area contributed by atoms with Crippen LogP contribution in [0.4, 0.5) is 4.39 Å². The number of hydrogen-bond donors (Lipinski definition) is 2. The zero-order valence-corrected chi connectivity index (χ0v) is 19.3. The number of thiophene rings is 1. The SMILES string of the molecule is CC[C@@H](NC(=O)c1cn(CCOC)cc(C(=O)NCc2ccc(F)cc2)c1=O)c1cccs1. The third kappa shape index (κ3) is 6.36. The van der Waals surface area contributed by atoms with E-state index in [-0.39, 0.29) is 29.5 Å². The number of carbonyl (C=O) groups is 2. The first-order valence-corrected chi connectivity index (χ1v) is 11.4. The maximum absolute atomic E-state index is 13.1. The van der Waals surface area contributed by atoms with Gasteiger partial charge in [-0.25, -0.2) is 4.39 Å². The third-order valence-electron chi connectivity index (χ3n) is 5.09. The Morgan fingerprint density at radius 2 is 1.82 bits per heavy atom. The minimum atomic E-state index is -0.654. The number of nitrogens with one attached hydrogen (secondary N) is 2. The minimum absolute atomic E-state index is 0.114. The summed E-state index contributed by atoms with van der Waals surface area (Å²) < 4.78 is 19.8. The van der Waals surface area contributed by atoms with Gasteiger partial charge < -0.3 is 19.9 Å². The van der Waals surface area contributed by atoms with Gasteiger partial charge in [0.25, 0.3) is 11.8 Å². The van der Waals surface area contributed by atoms with Gasteiger partial charge in [-0.1, -0.05) is 25.1 Å². The van der Waals surface area contributed by atoms with Gasteiger partial charge in [0.1, 0.15) is 16.9 Å². The second-order valence-electron chi connectivity index (χ2n) is 7.40. The zero-order valence-electron chi connectivity index (χ0n) is 18.5. The van der Waals surface area contributed by atoms with Crippen LogP contribution in [0, 0.1) is 5.82 Å². The van der Waals surface area contributed by atoms with Crippen molar-refractivity contribution < 1.29 is 18.7 Å². The first-order chi connectivity index (χ1) is 15.9. The van der Waals surface area contributed by atoms with E-state index in [9.17, 15) is 18.8 Å². The highest BCUT2D eigenvalue weighted by Crippen LogP contribution is 2.22. The molecule has 2 aromatic heterocycles. The molecule has 0 fully saturated rings. The van der Waals surface area contributed by atoms with Crippen LogP contribution in [0.15, 0.2) is 59.0 Å². The van der Waals surface area contributed by atoms with Gasteiger partial charge in [0.15, 0.2) is 0 Å². The molecule has 0 saturated heterocycles. The van der Waals surface area contributed by atoms with Crippen LogP contribution in [0.1, 0.15) is 50.5 Å². The maximum atomic E-state index is 13.1. The van der Waals surface area contributed by atoms with E-state index < -0.39 is 17.2 Å². The molecule has 33 heavy (non-hydrogen) atoms. The van der Waals surface area contributed by atoms with Crippen molar-refractivity contribution in [2.45, 2.75) is 32.5 Å². The van der Waals surface area contributed by atoms with E-state index in [1.807, 2.05) is 24.4 Å². The lowest BCUT2D eigenvalue weighted by molar-refractivity contribution is 0.0933. The number of aromatic nitrogens is 1. The smallest absolute Gasteiger partial charge is 0.257 e. The fourth-order valence-corrected chi connectivity index (χ4v) is 4.12. The van der Waals surface area contributed by atoms with Crippen LogP contribution >= 0.6 is 11.3 Å². The van der Waals surface area contributed by atoms with Crippen LogP contribution in [0.5, 0.6) is 0 Å². The summed E-state index contributed by atoms with van der Waals surface area (Å²) in [4.78, 5) is 39.9. The molecule has 0 aliphatic heterocycles. The van der Waals surface area contributed by atoms with E-state index in [0.717, 1.165) is 4.88 Å².